The Morgan fingerprint density at radius 3 is 2.31 bits per heavy atom. The zero-order valence-corrected chi connectivity index (χ0v) is 9.13. The van der Waals surface area contributed by atoms with E-state index in [4.69, 9.17) is 5.26 Å². The van der Waals surface area contributed by atoms with Crippen molar-refractivity contribution < 1.29 is 8.42 Å². The molecule has 0 aliphatic rings. The minimum Gasteiger partial charge on any atom is -0.211 e. The second kappa shape index (κ2) is 5.20. The first-order chi connectivity index (χ1) is 5.94. The predicted molar refractivity (Wildman–Crippen MR) is 51.5 cm³/mol. The Hall–Kier alpha value is -0.600. The fourth-order valence-electron chi connectivity index (χ4n) is 1.02. The summed E-state index contributed by atoms with van der Waals surface area (Å²) in [6, 6.07) is 1.67. The van der Waals surface area contributed by atoms with Crippen LogP contribution in [0, 0.1) is 17.2 Å². The molecule has 0 fully saturated rings. The van der Waals surface area contributed by atoms with E-state index >= 15 is 0 Å². The highest BCUT2D eigenvalue weighted by Gasteiger charge is 2.20. The molecule has 0 saturated carbocycles. The Kier molecular flexibility index (Phi) is 4.96. The number of hydrogen-bond donors (Lipinski definition) is 0. The van der Waals surface area contributed by atoms with Crippen LogP contribution in [0.3, 0.4) is 0 Å². The molecule has 0 aromatic heterocycles. The SMILES string of the molecule is CCN(CC(C)C)S(=O)(=O)CC#N. The lowest BCUT2D eigenvalue weighted by Crippen LogP contribution is -2.35. The summed E-state index contributed by atoms with van der Waals surface area (Å²) in [5.74, 6) is -0.137. The standard InChI is InChI=1S/C8H16N2O2S/c1-4-10(7-8(2)3)13(11,12)6-5-9/h8H,4,6-7H2,1-3H3. The van der Waals surface area contributed by atoms with E-state index in [2.05, 4.69) is 0 Å². The first-order valence-corrected chi connectivity index (χ1v) is 5.89. The zero-order chi connectivity index (χ0) is 10.5. The molecule has 13 heavy (non-hydrogen) atoms. The van der Waals surface area contributed by atoms with Crippen molar-refractivity contribution in [3.63, 3.8) is 0 Å². The molecule has 0 amide bonds. The number of sulfonamides is 1. The van der Waals surface area contributed by atoms with Crippen LogP contribution in [0.1, 0.15) is 20.8 Å². The zero-order valence-electron chi connectivity index (χ0n) is 8.32. The summed E-state index contributed by atoms with van der Waals surface area (Å²) in [7, 11) is -3.35. The molecule has 0 bridgehead atoms. The predicted octanol–water partition coefficient (Wildman–Crippen LogP) is 0.818. The second-order valence-corrected chi connectivity index (χ2v) is 5.23. The third-order valence-corrected chi connectivity index (χ3v) is 3.25. The number of rotatable bonds is 5. The smallest absolute Gasteiger partial charge is 0.211 e. The number of nitrogens with zero attached hydrogens (tertiary/aromatic N) is 2. The van der Waals surface area contributed by atoms with Crippen molar-refractivity contribution in [2.24, 2.45) is 5.92 Å². The van der Waals surface area contributed by atoms with Gasteiger partial charge in [0.2, 0.25) is 10.0 Å². The molecule has 4 nitrogen and oxygen atoms in total. The van der Waals surface area contributed by atoms with Gasteiger partial charge in [-0.1, -0.05) is 20.8 Å². The monoisotopic (exact) mass is 204 g/mol. The van der Waals surface area contributed by atoms with Gasteiger partial charge in [0.15, 0.2) is 5.75 Å². The van der Waals surface area contributed by atoms with Crippen molar-refractivity contribution in [1.29, 1.82) is 5.26 Å². The van der Waals surface area contributed by atoms with Gasteiger partial charge in [-0.3, -0.25) is 0 Å². The lowest BCUT2D eigenvalue weighted by Gasteiger charge is -2.20. The second-order valence-electron chi connectivity index (χ2n) is 3.26. The lowest BCUT2D eigenvalue weighted by atomic mass is 10.2. The third kappa shape index (κ3) is 4.25. The van der Waals surface area contributed by atoms with E-state index in [9.17, 15) is 8.42 Å². The van der Waals surface area contributed by atoms with Gasteiger partial charge in [-0.15, -0.1) is 0 Å². The van der Waals surface area contributed by atoms with E-state index in [1.54, 1.807) is 13.0 Å². The summed E-state index contributed by atoms with van der Waals surface area (Å²) in [5.41, 5.74) is 0. The summed E-state index contributed by atoms with van der Waals surface area (Å²) in [6.07, 6.45) is 0. The quantitative estimate of drug-likeness (QED) is 0.666. The maximum atomic E-state index is 11.4. The molecule has 5 heteroatoms. The molecule has 0 radical (unpaired) electrons. The van der Waals surface area contributed by atoms with E-state index in [1.165, 1.54) is 4.31 Å². The van der Waals surface area contributed by atoms with Gasteiger partial charge in [-0.25, -0.2) is 12.7 Å². The van der Waals surface area contributed by atoms with Crippen LogP contribution < -0.4 is 0 Å². The summed E-state index contributed by atoms with van der Waals surface area (Å²) in [6.45, 7) is 6.59. The molecule has 0 N–H and O–H groups in total. The van der Waals surface area contributed by atoms with Crippen LogP contribution >= 0.6 is 0 Å². The normalized spacial score (nSPS) is 12.0. The van der Waals surface area contributed by atoms with Gasteiger partial charge in [0, 0.05) is 13.1 Å². The average Bonchev–Trinajstić information content (AvgIpc) is 1.99. The Labute approximate surface area is 80.2 Å². The molecule has 0 rings (SSSR count). The fraction of sp³-hybridized carbons (Fsp3) is 0.875. The molecule has 0 aromatic rings. The maximum absolute atomic E-state index is 11.4. The maximum Gasteiger partial charge on any atom is 0.227 e. The minimum absolute atomic E-state index is 0.286. The van der Waals surface area contributed by atoms with E-state index in [1.807, 2.05) is 13.8 Å². The van der Waals surface area contributed by atoms with Crippen molar-refractivity contribution in [3.05, 3.63) is 0 Å². The molecule has 0 aliphatic carbocycles. The van der Waals surface area contributed by atoms with Crippen molar-refractivity contribution >= 4 is 10.0 Å². The van der Waals surface area contributed by atoms with Crippen LogP contribution in [0.2, 0.25) is 0 Å². The molecular formula is C8H16N2O2S. The van der Waals surface area contributed by atoms with Gasteiger partial charge in [-0.05, 0) is 5.92 Å². The van der Waals surface area contributed by atoms with Crippen molar-refractivity contribution in [1.82, 2.24) is 4.31 Å². The summed E-state index contributed by atoms with van der Waals surface area (Å²) < 4.78 is 24.1. The first-order valence-electron chi connectivity index (χ1n) is 4.28. The summed E-state index contributed by atoms with van der Waals surface area (Å²) >= 11 is 0. The van der Waals surface area contributed by atoms with Crippen molar-refractivity contribution in [2.45, 2.75) is 20.8 Å². The molecule has 0 spiro atoms. The molecular weight excluding hydrogens is 188 g/mol. The van der Waals surface area contributed by atoms with Crippen LogP contribution in [0.5, 0.6) is 0 Å². The van der Waals surface area contributed by atoms with Gasteiger partial charge in [0.25, 0.3) is 0 Å². The Morgan fingerprint density at radius 1 is 1.46 bits per heavy atom. The summed E-state index contributed by atoms with van der Waals surface area (Å²) in [5, 5.41) is 8.32. The number of nitriles is 1. The molecule has 0 unspecified atom stereocenters. The molecule has 76 valence electrons. The average molecular weight is 204 g/mol. The molecule has 0 aromatic carbocycles. The summed E-state index contributed by atoms with van der Waals surface area (Å²) in [4.78, 5) is 0. The molecule has 0 heterocycles. The topological polar surface area (TPSA) is 61.2 Å². The van der Waals surface area contributed by atoms with E-state index < -0.39 is 15.8 Å². The Morgan fingerprint density at radius 2 is 2.00 bits per heavy atom. The van der Waals surface area contributed by atoms with Gasteiger partial charge in [0.1, 0.15) is 0 Å². The van der Waals surface area contributed by atoms with Crippen LogP contribution in [-0.2, 0) is 10.0 Å². The highest BCUT2D eigenvalue weighted by Crippen LogP contribution is 2.05. The largest absolute Gasteiger partial charge is 0.227 e. The molecule has 0 atom stereocenters. The fourth-order valence-corrected chi connectivity index (χ4v) is 2.28. The lowest BCUT2D eigenvalue weighted by molar-refractivity contribution is 0.382. The van der Waals surface area contributed by atoms with Crippen molar-refractivity contribution in [3.8, 4) is 6.07 Å². The van der Waals surface area contributed by atoms with Crippen LogP contribution in [-0.4, -0.2) is 31.6 Å². The van der Waals surface area contributed by atoms with Gasteiger partial charge in [-0.2, -0.15) is 5.26 Å². The molecule has 0 saturated heterocycles. The van der Waals surface area contributed by atoms with E-state index in [-0.39, 0.29) is 5.92 Å². The van der Waals surface area contributed by atoms with E-state index in [0.29, 0.717) is 13.1 Å². The van der Waals surface area contributed by atoms with Crippen LogP contribution in [0.4, 0.5) is 0 Å². The van der Waals surface area contributed by atoms with Crippen LogP contribution in [0.25, 0.3) is 0 Å². The third-order valence-electron chi connectivity index (χ3n) is 1.56. The van der Waals surface area contributed by atoms with Gasteiger partial charge in [0.05, 0.1) is 6.07 Å². The van der Waals surface area contributed by atoms with Crippen molar-refractivity contribution in [2.75, 3.05) is 18.8 Å². The van der Waals surface area contributed by atoms with E-state index in [0.717, 1.165) is 0 Å². The minimum atomic E-state index is -3.35. The molecule has 0 aliphatic heterocycles. The Bertz CT molecular complexity index is 277. The number of hydrogen-bond acceptors (Lipinski definition) is 3. The first kappa shape index (κ1) is 12.4. The highest BCUT2D eigenvalue weighted by molar-refractivity contribution is 7.89. The van der Waals surface area contributed by atoms with Crippen LogP contribution in [0.15, 0.2) is 0 Å². The highest BCUT2D eigenvalue weighted by atomic mass is 32.2. The Balaban J connectivity index is 4.50. The van der Waals surface area contributed by atoms with Gasteiger partial charge >= 0.3 is 0 Å². The van der Waals surface area contributed by atoms with Gasteiger partial charge < -0.3 is 0 Å².